The second-order valence-corrected chi connectivity index (χ2v) is 5.57. The molecule has 1 atom stereocenters. The largest absolute Gasteiger partial charge is 0.469 e. The normalized spacial score (nSPS) is 11.2. The maximum Gasteiger partial charge on any atom is 0.305 e. The van der Waals surface area contributed by atoms with E-state index in [1.165, 1.54) is 29.4 Å². The molecule has 0 aliphatic heterocycles. The lowest BCUT2D eigenvalue weighted by atomic mass is 9.82. The summed E-state index contributed by atoms with van der Waals surface area (Å²) >= 11 is 0. The summed E-state index contributed by atoms with van der Waals surface area (Å²) in [6.45, 7) is 14.1. The average molecular weight is 328 g/mol. The molecule has 1 aromatic rings. The number of aryl methyl sites for hydroxylation is 1. The zero-order chi connectivity index (χ0) is 18.5. The lowest BCUT2D eigenvalue weighted by molar-refractivity contribution is -0.140. The molecule has 0 aliphatic carbocycles. The van der Waals surface area contributed by atoms with Crippen LogP contribution < -0.4 is 0 Å². The van der Waals surface area contributed by atoms with Crippen molar-refractivity contribution in [3.63, 3.8) is 0 Å². The van der Waals surface area contributed by atoms with Crippen LogP contribution in [0.2, 0.25) is 0 Å². The van der Waals surface area contributed by atoms with Crippen LogP contribution in [0.15, 0.2) is 60.2 Å². The number of carbonyl (C=O) groups excluding carboxylic acids is 1. The van der Waals surface area contributed by atoms with Crippen LogP contribution in [0.4, 0.5) is 0 Å². The molecule has 24 heavy (non-hydrogen) atoms. The van der Waals surface area contributed by atoms with Crippen LogP contribution in [0.5, 0.6) is 0 Å². The Hall–Kier alpha value is -2.09. The molecule has 1 rings (SSSR count). The minimum atomic E-state index is -0.167. The van der Waals surface area contributed by atoms with Gasteiger partial charge in [-0.05, 0) is 43.9 Å². The first-order chi connectivity index (χ1) is 11.5. The molecule has 0 saturated heterocycles. The van der Waals surface area contributed by atoms with Gasteiger partial charge >= 0.3 is 5.97 Å². The van der Waals surface area contributed by atoms with Gasteiger partial charge < -0.3 is 4.74 Å². The summed E-state index contributed by atoms with van der Waals surface area (Å²) in [6.07, 6.45) is 6.97. The number of methoxy groups -OCH3 is 1. The average Bonchev–Trinajstić information content (AvgIpc) is 2.59. The number of esters is 1. The van der Waals surface area contributed by atoms with E-state index in [-0.39, 0.29) is 11.9 Å². The van der Waals surface area contributed by atoms with Crippen LogP contribution >= 0.6 is 0 Å². The molecule has 0 bridgehead atoms. The standard InChI is InChI=1S/C20H26O2.C2H6/c1-6-7-11-17(15(2)3)19(13-14-20(21)22-5)18-12-9-8-10-16(18)4;1-2/h6-12,19H,1,13-14H2,2-5H3;1-2H3/b11-7-;. The Balaban J connectivity index is 0.00000254. The van der Waals surface area contributed by atoms with Crippen LogP contribution in [0.3, 0.4) is 0 Å². The van der Waals surface area contributed by atoms with Crippen LogP contribution in [0.1, 0.15) is 57.6 Å². The number of rotatable bonds is 7. The zero-order valence-corrected chi connectivity index (χ0v) is 16.1. The van der Waals surface area contributed by atoms with Gasteiger partial charge in [-0.1, -0.05) is 68.5 Å². The highest BCUT2D eigenvalue weighted by Gasteiger charge is 2.19. The first-order valence-corrected chi connectivity index (χ1v) is 8.60. The van der Waals surface area contributed by atoms with Gasteiger partial charge in [-0.3, -0.25) is 4.79 Å². The molecule has 0 spiro atoms. The number of benzene rings is 1. The molecule has 0 N–H and O–H groups in total. The van der Waals surface area contributed by atoms with E-state index < -0.39 is 0 Å². The van der Waals surface area contributed by atoms with Crippen molar-refractivity contribution in [3.8, 4) is 0 Å². The molecule has 2 nitrogen and oxygen atoms in total. The molecule has 0 aromatic heterocycles. The molecule has 0 saturated carbocycles. The van der Waals surface area contributed by atoms with Gasteiger partial charge in [0.15, 0.2) is 0 Å². The van der Waals surface area contributed by atoms with E-state index in [1.807, 2.05) is 32.1 Å². The van der Waals surface area contributed by atoms with Crippen molar-refractivity contribution in [2.75, 3.05) is 7.11 Å². The summed E-state index contributed by atoms with van der Waals surface area (Å²) in [6, 6.07) is 8.34. The second kappa shape index (κ2) is 12.3. The quantitative estimate of drug-likeness (QED) is 0.444. The van der Waals surface area contributed by atoms with Gasteiger partial charge in [0.1, 0.15) is 0 Å². The summed E-state index contributed by atoms with van der Waals surface area (Å²) in [4.78, 5) is 11.6. The first-order valence-electron chi connectivity index (χ1n) is 8.60. The van der Waals surface area contributed by atoms with E-state index in [2.05, 4.69) is 45.6 Å². The van der Waals surface area contributed by atoms with E-state index in [1.54, 1.807) is 6.08 Å². The fraction of sp³-hybridized carbons (Fsp3) is 0.409. The zero-order valence-electron chi connectivity index (χ0n) is 16.1. The number of hydrogen-bond acceptors (Lipinski definition) is 2. The maximum atomic E-state index is 11.6. The van der Waals surface area contributed by atoms with Crippen LogP contribution in [-0.2, 0) is 9.53 Å². The number of carbonyl (C=O) groups is 1. The minimum absolute atomic E-state index is 0.167. The lowest BCUT2D eigenvalue weighted by Crippen LogP contribution is -2.09. The minimum Gasteiger partial charge on any atom is -0.469 e. The van der Waals surface area contributed by atoms with Gasteiger partial charge in [-0.15, -0.1) is 0 Å². The highest BCUT2D eigenvalue weighted by atomic mass is 16.5. The smallest absolute Gasteiger partial charge is 0.305 e. The number of ether oxygens (including phenoxy) is 1. The Kier molecular flexibility index (Phi) is 11.3. The van der Waals surface area contributed by atoms with Gasteiger partial charge in [0.05, 0.1) is 7.11 Å². The summed E-state index contributed by atoms with van der Waals surface area (Å²) in [7, 11) is 1.44. The summed E-state index contributed by atoms with van der Waals surface area (Å²) in [5.74, 6) is 0.0147. The maximum absolute atomic E-state index is 11.6. The van der Waals surface area contributed by atoms with Crippen LogP contribution in [0, 0.1) is 6.92 Å². The third-order valence-electron chi connectivity index (χ3n) is 3.79. The predicted molar refractivity (Wildman–Crippen MR) is 104 cm³/mol. The Labute approximate surface area is 147 Å². The van der Waals surface area contributed by atoms with Crippen molar-refractivity contribution in [1.82, 2.24) is 0 Å². The van der Waals surface area contributed by atoms with E-state index in [0.717, 1.165) is 6.42 Å². The monoisotopic (exact) mass is 328 g/mol. The van der Waals surface area contributed by atoms with Crippen molar-refractivity contribution in [2.24, 2.45) is 0 Å². The highest BCUT2D eigenvalue weighted by Crippen LogP contribution is 2.34. The number of allylic oxidation sites excluding steroid dienone is 5. The van der Waals surface area contributed by atoms with Crippen molar-refractivity contribution in [3.05, 3.63) is 71.3 Å². The predicted octanol–water partition coefficient (Wildman–Crippen LogP) is 6.14. The Morgan fingerprint density at radius 3 is 2.38 bits per heavy atom. The summed E-state index contributed by atoms with van der Waals surface area (Å²) < 4.78 is 4.80. The van der Waals surface area contributed by atoms with Crippen molar-refractivity contribution < 1.29 is 9.53 Å². The van der Waals surface area contributed by atoms with Gasteiger partial charge in [-0.2, -0.15) is 0 Å². The molecule has 1 aromatic carbocycles. The van der Waals surface area contributed by atoms with Crippen molar-refractivity contribution in [1.29, 1.82) is 0 Å². The van der Waals surface area contributed by atoms with Crippen LogP contribution in [-0.4, -0.2) is 13.1 Å². The molecular formula is C22H32O2. The van der Waals surface area contributed by atoms with Gasteiger partial charge in [-0.25, -0.2) is 0 Å². The molecule has 2 heteroatoms. The van der Waals surface area contributed by atoms with E-state index in [4.69, 9.17) is 4.74 Å². The molecule has 0 aliphatic rings. The fourth-order valence-electron chi connectivity index (χ4n) is 2.62. The topological polar surface area (TPSA) is 26.3 Å². The van der Waals surface area contributed by atoms with E-state index in [9.17, 15) is 4.79 Å². The molecule has 1 unspecified atom stereocenters. The lowest BCUT2D eigenvalue weighted by Gasteiger charge is -2.22. The Bertz CT molecular complexity index is 575. The highest BCUT2D eigenvalue weighted by molar-refractivity contribution is 5.69. The summed E-state index contributed by atoms with van der Waals surface area (Å²) in [5.41, 5.74) is 4.98. The molecule has 0 amide bonds. The van der Waals surface area contributed by atoms with Gasteiger partial charge in [0.25, 0.3) is 0 Å². The van der Waals surface area contributed by atoms with Gasteiger partial charge in [0.2, 0.25) is 0 Å². The van der Waals surface area contributed by atoms with Crippen molar-refractivity contribution >= 4 is 5.97 Å². The third-order valence-corrected chi connectivity index (χ3v) is 3.79. The molecule has 132 valence electrons. The Morgan fingerprint density at radius 2 is 1.88 bits per heavy atom. The molecular weight excluding hydrogens is 296 g/mol. The van der Waals surface area contributed by atoms with E-state index in [0.29, 0.717) is 6.42 Å². The SMILES string of the molecule is C=C/C=C\C(=C(C)C)C(CCC(=O)OC)c1ccccc1C.CC. The summed E-state index contributed by atoms with van der Waals surface area (Å²) in [5, 5.41) is 0. The first kappa shape index (κ1) is 21.9. The Morgan fingerprint density at radius 1 is 1.25 bits per heavy atom. The number of hydrogen-bond donors (Lipinski definition) is 0. The molecule has 0 radical (unpaired) electrons. The van der Waals surface area contributed by atoms with Gasteiger partial charge in [0, 0.05) is 12.3 Å². The fourth-order valence-corrected chi connectivity index (χ4v) is 2.62. The van der Waals surface area contributed by atoms with E-state index >= 15 is 0 Å². The second-order valence-electron chi connectivity index (χ2n) is 5.57. The van der Waals surface area contributed by atoms with Crippen LogP contribution in [0.25, 0.3) is 0 Å². The molecule has 0 fully saturated rings. The third kappa shape index (κ3) is 6.99. The molecule has 0 heterocycles. The van der Waals surface area contributed by atoms with Crippen molar-refractivity contribution in [2.45, 2.75) is 53.4 Å².